The van der Waals surface area contributed by atoms with Gasteiger partial charge in [-0.1, -0.05) is 0 Å². The second-order valence-corrected chi connectivity index (χ2v) is 4.68. The zero-order valence-electron chi connectivity index (χ0n) is 11.9. The number of nitrogens with zero attached hydrogens (tertiary/aromatic N) is 3. The summed E-state index contributed by atoms with van der Waals surface area (Å²) in [6.07, 6.45) is 0. The lowest BCUT2D eigenvalue weighted by atomic mass is 10.2. The Labute approximate surface area is 114 Å². The maximum absolute atomic E-state index is 11.9. The number of allylic oxidation sites excluding steroid dienone is 1. The van der Waals surface area contributed by atoms with Gasteiger partial charge in [-0.3, -0.25) is 9.69 Å². The summed E-state index contributed by atoms with van der Waals surface area (Å²) in [5, 5.41) is 11.8. The molecule has 1 fully saturated rings. The van der Waals surface area contributed by atoms with E-state index in [1.807, 2.05) is 20.2 Å². The summed E-state index contributed by atoms with van der Waals surface area (Å²) in [5.74, 6) is -0.304. The van der Waals surface area contributed by atoms with Gasteiger partial charge >= 0.3 is 0 Å². The average Bonchev–Trinajstić information content (AvgIpc) is 2.40. The van der Waals surface area contributed by atoms with E-state index in [-0.39, 0.29) is 11.5 Å². The molecule has 6 nitrogen and oxygen atoms in total. The summed E-state index contributed by atoms with van der Waals surface area (Å²) in [6.45, 7) is 6.38. The van der Waals surface area contributed by atoms with E-state index in [4.69, 9.17) is 10.00 Å². The lowest BCUT2D eigenvalue weighted by Gasteiger charge is -2.26. The van der Waals surface area contributed by atoms with Gasteiger partial charge in [0.1, 0.15) is 11.6 Å². The summed E-state index contributed by atoms with van der Waals surface area (Å²) >= 11 is 0. The molecule has 1 rings (SSSR count). The van der Waals surface area contributed by atoms with Crippen LogP contribution in [0.1, 0.15) is 6.92 Å². The van der Waals surface area contributed by atoms with Gasteiger partial charge in [-0.2, -0.15) is 5.26 Å². The minimum atomic E-state index is -0.304. The fourth-order valence-corrected chi connectivity index (χ4v) is 1.76. The van der Waals surface area contributed by atoms with Gasteiger partial charge in [-0.15, -0.1) is 0 Å². The molecule has 1 aliphatic rings. The minimum absolute atomic E-state index is 0.173. The first-order valence-corrected chi connectivity index (χ1v) is 6.43. The first-order chi connectivity index (χ1) is 9.06. The van der Waals surface area contributed by atoms with E-state index in [1.54, 1.807) is 11.8 Å². The van der Waals surface area contributed by atoms with E-state index in [1.165, 1.54) is 0 Å². The molecule has 1 heterocycles. The molecule has 0 spiro atoms. The van der Waals surface area contributed by atoms with E-state index < -0.39 is 0 Å². The van der Waals surface area contributed by atoms with Crippen LogP contribution < -0.4 is 5.32 Å². The van der Waals surface area contributed by atoms with Gasteiger partial charge in [-0.05, 0) is 6.92 Å². The van der Waals surface area contributed by atoms with Crippen LogP contribution in [-0.4, -0.2) is 69.2 Å². The van der Waals surface area contributed by atoms with Crippen molar-refractivity contribution in [3.63, 3.8) is 0 Å². The topological polar surface area (TPSA) is 68.6 Å². The third-order valence-electron chi connectivity index (χ3n) is 3.19. The first-order valence-electron chi connectivity index (χ1n) is 6.43. The van der Waals surface area contributed by atoms with Crippen molar-refractivity contribution in [3.05, 3.63) is 11.3 Å². The number of ether oxygens (including phenoxy) is 1. The van der Waals surface area contributed by atoms with E-state index in [9.17, 15) is 4.79 Å². The molecule has 6 heteroatoms. The third kappa shape index (κ3) is 4.89. The predicted molar refractivity (Wildman–Crippen MR) is 72.3 cm³/mol. The van der Waals surface area contributed by atoms with Gasteiger partial charge in [0.15, 0.2) is 0 Å². The number of morpholine rings is 1. The Balaban J connectivity index is 2.41. The normalized spacial score (nSPS) is 17.4. The Hall–Kier alpha value is -1.58. The molecule has 0 unspecified atom stereocenters. The van der Waals surface area contributed by atoms with Crippen molar-refractivity contribution in [2.75, 3.05) is 53.5 Å². The molecule has 1 saturated heterocycles. The molecule has 0 aromatic carbocycles. The number of nitrogens with one attached hydrogen (secondary N) is 1. The van der Waals surface area contributed by atoms with Gasteiger partial charge in [0.2, 0.25) is 0 Å². The van der Waals surface area contributed by atoms with Crippen LogP contribution in [0.3, 0.4) is 0 Å². The molecule has 1 amide bonds. The molecule has 0 atom stereocenters. The molecule has 0 aliphatic carbocycles. The van der Waals surface area contributed by atoms with Gasteiger partial charge < -0.3 is 15.0 Å². The van der Waals surface area contributed by atoms with E-state index in [2.05, 4.69) is 10.2 Å². The first kappa shape index (κ1) is 15.5. The van der Waals surface area contributed by atoms with Crippen molar-refractivity contribution in [3.8, 4) is 6.07 Å². The van der Waals surface area contributed by atoms with Crippen molar-refractivity contribution in [1.29, 1.82) is 5.26 Å². The highest BCUT2D eigenvalue weighted by Crippen LogP contribution is 2.05. The van der Waals surface area contributed by atoms with Crippen molar-refractivity contribution >= 4 is 5.91 Å². The number of nitriles is 1. The fraction of sp³-hybridized carbons (Fsp3) is 0.692. The molecule has 106 valence electrons. The van der Waals surface area contributed by atoms with E-state index in [0.29, 0.717) is 12.2 Å². The Morgan fingerprint density at radius 3 is 2.58 bits per heavy atom. The number of hydrogen-bond donors (Lipinski definition) is 1. The molecular weight excluding hydrogens is 244 g/mol. The Kier molecular flexibility index (Phi) is 6.33. The summed E-state index contributed by atoms with van der Waals surface area (Å²) in [4.78, 5) is 15.9. The van der Waals surface area contributed by atoms with Crippen LogP contribution in [0.4, 0.5) is 0 Å². The van der Waals surface area contributed by atoms with Gasteiger partial charge in [0.25, 0.3) is 5.91 Å². The average molecular weight is 266 g/mol. The summed E-state index contributed by atoms with van der Waals surface area (Å²) in [7, 11) is 3.63. The maximum Gasteiger partial charge on any atom is 0.263 e. The quantitative estimate of drug-likeness (QED) is 0.551. The second-order valence-electron chi connectivity index (χ2n) is 4.68. The molecular formula is C13H22N4O2. The fourth-order valence-electron chi connectivity index (χ4n) is 1.76. The van der Waals surface area contributed by atoms with Crippen LogP contribution in [0.25, 0.3) is 0 Å². The highest BCUT2D eigenvalue weighted by Gasteiger charge is 2.14. The number of carbonyl (C=O) groups excluding carboxylic acids is 1. The number of hydrogen-bond acceptors (Lipinski definition) is 5. The molecule has 0 saturated carbocycles. The van der Waals surface area contributed by atoms with Crippen LogP contribution in [0.5, 0.6) is 0 Å². The number of carbonyl (C=O) groups is 1. The molecule has 0 aromatic rings. The largest absolute Gasteiger partial charge is 0.380 e. The molecule has 0 bridgehead atoms. The standard InChI is InChI=1S/C13H22N4O2/c1-11(16(2)3)12(10-14)13(18)15-4-5-17-6-8-19-9-7-17/h4-9H2,1-3H3,(H,15,18). The summed E-state index contributed by atoms with van der Waals surface area (Å²) < 4.78 is 5.26. The highest BCUT2D eigenvalue weighted by atomic mass is 16.5. The van der Waals surface area contributed by atoms with Crippen LogP contribution in [0.15, 0.2) is 11.3 Å². The van der Waals surface area contributed by atoms with Gasteiger partial charge in [0, 0.05) is 46.0 Å². The number of amides is 1. The SMILES string of the molecule is CC(=C(C#N)C(=O)NCCN1CCOCC1)N(C)C. The van der Waals surface area contributed by atoms with Crippen LogP contribution in [0, 0.1) is 11.3 Å². The lowest BCUT2D eigenvalue weighted by molar-refractivity contribution is -0.117. The van der Waals surface area contributed by atoms with E-state index >= 15 is 0 Å². The van der Waals surface area contributed by atoms with Crippen molar-refractivity contribution < 1.29 is 9.53 Å². The van der Waals surface area contributed by atoms with Crippen LogP contribution >= 0.6 is 0 Å². The molecule has 0 radical (unpaired) electrons. The van der Waals surface area contributed by atoms with Gasteiger partial charge in [0.05, 0.1) is 13.2 Å². The monoisotopic (exact) mass is 266 g/mol. The number of rotatable bonds is 5. The Morgan fingerprint density at radius 1 is 1.42 bits per heavy atom. The second kappa shape index (κ2) is 7.77. The van der Waals surface area contributed by atoms with Crippen LogP contribution in [0.2, 0.25) is 0 Å². The molecule has 1 aliphatic heterocycles. The highest BCUT2D eigenvalue weighted by molar-refractivity contribution is 5.97. The van der Waals surface area contributed by atoms with Crippen molar-refractivity contribution in [1.82, 2.24) is 15.1 Å². The van der Waals surface area contributed by atoms with Crippen molar-refractivity contribution in [2.24, 2.45) is 0 Å². The summed E-state index contributed by atoms with van der Waals surface area (Å²) in [6, 6.07) is 1.96. The van der Waals surface area contributed by atoms with Crippen molar-refractivity contribution in [2.45, 2.75) is 6.92 Å². The molecule has 0 aromatic heterocycles. The van der Waals surface area contributed by atoms with Gasteiger partial charge in [-0.25, -0.2) is 0 Å². The summed E-state index contributed by atoms with van der Waals surface area (Å²) in [5.41, 5.74) is 0.846. The zero-order valence-corrected chi connectivity index (χ0v) is 11.9. The Morgan fingerprint density at radius 2 is 2.05 bits per heavy atom. The third-order valence-corrected chi connectivity index (χ3v) is 3.19. The van der Waals surface area contributed by atoms with Crippen LogP contribution in [-0.2, 0) is 9.53 Å². The smallest absolute Gasteiger partial charge is 0.263 e. The molecule has 1 N–H and O–H groups in total. The molecule has 19 heavy (non-hydrogen) atoms. The van der Waals surface area contributed by atoms with E-state index in [0.717, 1.165) is 32.8 Å². The minimum Gasteiger partial charge on any atom is -0.380 e. The maximum atomic E-state index is 11.9. The zero-order chi connectivity index (χ0) is 14.3. The predicted octanol–water partition coefficient (Wildman–Crippen LogP) is -0.206. The lowest BCUT2D eigenvalue weighted by Crippen LogP contribution is -2.41. The Bertz CT molecular complexity index is 379.